The second kappa shape index (κ2) is 8.77. The van der Waals surface area contributed by atoms with Crippen molar-refractivity contribution in [3.05, 3.63) is 24.3 Å². The maximum atomic E-state index is 2.41. The van der Waals surface area contributed by atoms with Crippen molar-refractivity contribution in [3.8, 4) is 0 Å². The third kappa shape index (κ3) is 5.66. The van der Waals surface area contributed by atoms with Crippen molar-refractivity contribution in [2.75, 3.05) is 0 Å². The zero-order valence-corrected chi connectivity index (χ0v) is 13.8. The summed E-state index contributed by atoms with van der Waals surface area (Å²) in [5.41, 5.74) is 0. The second-order valence-corrected chi connectivity index (χ2v) is 8.78. The van der Waals surface area contributed by atoms with E-state index in [1.54, 1.807) is 10.4 Å². The highest BCUT2D eigenvalue weighted by atomic mass is 28.2. The number of hydrogen-bond donors (Lipinski definition) is 0. The van der Waals surface area contributed by atoms with Gasteiger partial charge in [0.05, 0.1) is 19.0 Å². The van der Waals surface area contributed by atoms with Crippen molar-refractivity contribution in [1.82, 2.24) is 0 Å². The van der Waals surface area contributed by atoms with E-state index < -0.39 is 0 Å². The third-order valence-corrected chi connectivity index (χ3v) is 6.97. The highest BCUT2D eigenvalue weighted by molar-refractivity contribution is 6.55. The predicted molar refractivity (Wildman–Crippen MR) is 82.2 cm³/mol. The first-order valence-corrected chi connectivity index (χ1v) is 10.4. The lowest BCUT2D eigenvalue weighted by Gasteiger charge is -2.03. The Bertz CT molecular complexity index is 238. The lowest BCUT2D eigenvalue weighted by molar-refractivity contribution is 0.881. The summed E-state index contributed by atoms with van der Waals surface area (Å²) in [6.07, 6.45) is 5.57. The molecule has 0 spiro atoms. The molecule has 1 rings (SSSR count). The largest absolute Gasteiger partial charge is 0.0669 e. The van der Waals surface area contributed by atoms with E-state index >= 15 is 0 Å². The zero-order chi connectivity index (χ0) is 11.6. The van der Waals surface area contributed by atoms with Gasteiger partial charge in [-0.2, -0.15) is 0 Å². The summed E-state index contributed by atoms with van der Waals surface area (Å²) in [6.45, 7) is 4.58. The molecule has 0 nitrogen and oxygen atoms in total. The smallest absolute Gasteiger partial charge is 0.0547 e. The topological polar surface area (TPSA) is 0 Å². The minimum Gasteiger partial charge on any atom is -0.0669 e. The number of unbranched alkanes of at least 4 members (excludes halogenated alkanes) is 2. The fourth-order valence-electron chi connectivity index (χ4n) is 2.03. The molecule has 0 bridgehead atoms. The van der Waals surface area contributed by atoms with Gasteiger partial charge in [-0.1, -0.05) is 86.3 Å². The molecule has 0 aliphatic carbocycles. The van der Waals surface area contributed by atoms with E-state index in [1.165, 1.54) is 37.8 Å². The van der Waals surface area contributed by atoms with Crippen molar-refractivity contribution < 1.29 is 0 Å². The van der Waals surface area contributed by atoms with Gasteiger partial charge in [-0.15, -0.1) is 0 Å². The van der Waals surface area contributed by atoms with Gasteiger partial charge in [0.1, 0.15) is 0 Å². The molecule has 1 aromatic carbocycles. The summed E-state index contributed by atoms with van der Waals surface area (Å²) in [6, 6.07) is 12.6. The molecule has 2 heteroatoms. The van der Waals surface area contributed by atoms with Crippen LogP contribution in [0.4, 0.5) is 0 Å². The lowest BCUT2D eigenvalue weighted by Crippen LogP contribution is -2.19. The minimum atomic E-state index is 0.0535. The molecule has 16 heavy (non-hydrogen) atoms. The summed E-state index contributed by atoms with van der Waals surface area (Å²) < 4.78 is 0. The molecule has 0 saturated heterocycles. The molecule has 0 fully saturated rings. The summed E-state index contributed by atoms with van der Waals surface area (Å²) in [4.78, 5) is 0. The van der Waals surface area contributed by atoms with Gasteiger partial charge in [-0.05, 0) is 0 Å². The van der Waals surface area contributed by atoms with Crippen molar-refractivity contribution in [2.45, 2.75) is 51.6 Å². The molecular formula is C14H26Si2. The van der Waals surface area contributed by atoms with Crippen LogP contribution >= 0.6 is 0 Å². The van der Waals surface area contributed by atoms with Crippen molar-refractivity contribution in [1.29, 1.82) is 0 Å². The predicted octanol–water partition coefficient (Wildman–Crippen LogP) is 1.71. The monoisotopic (exact) mass is 250 g/mol. The Labute approximate surface area is 105 Å². The molecule has 0 aromatic heterocycles. The summed E-state index contributed by atoms with van der Waals surface area (Å²) in [7, 11) is 0.107. The summed E-state index contributed by atoms with van der Waals surface area (Å²) in [5.74, 6) is 0. The van der Waals surface area contributed by atoms with Crippen LogP contribution in [-0.2, 0) is 0 Å². The van der Waals surface area contributed by atoms with Gasteiger partial charge < -0.3 is 0 Å². The fraction of sp³-hybridized carbons (Fsp3) is 0.571. The van der Waals surface area contributed by atoms with Crippen LogP contribution in [0.5, 0.6) is 0 Å². The molecule has 0 amide bonds. The van der Waals surface area contributed by atoms with Crippen LogP contribution in [0.15, 0.2) is 24.3 Å². The Balaban J connectivity index is 2.30. The molecule has 0 aliphatic heterocycles. The van der Waals surface area contributed by atoms with E-state index in [1.807, 2.05) is 0 Å². The average Bonchev–Trinajstić information content (AvgIpc) is 2.32. The Morgan fingerprint density at radius 2 is 1.12 bits per heavy atom. The first kappa shape index (κ1) is 13.7. The van der Waals surface area contributed by atoms with Crippen molar-refractivity contribution in [3.63, 3.8) is 0 Å². The Kier molecular flexibility index (Phi) is 7.52. The van der Waals surface area contributed by atoms with Gasteiger partial charge in [0.25, 0.3) is 0 Å². The molecule has 0 radical (unpaired) electrons. The quantitative estimate of drug-likeness (QED) is 0.487. The van der Waals surface area contributed by atoms with Gasteiger partial charge in [0, 0.05) is 0 Å². The molecule has 0 heterocycles. The number of hydrogen-bond acceptors (Lipinski definition) is 0. The SMILES string of the molecule is CCCC[SiH2]c1ccc([SiH2]CCCC)cc1. The van der Waals surface area contributed by atoms with Crippen LogP contribution in [0.25, 0.3) is 0 Å². The Morgan fingerprint density at radius 3 is 1.44 bits per heavy atom. The van der Waals surface area contributed by atoms with E-state index in [0.717, 1.165) is 0 Å². The molecule has 90 valence electrons. The molecule has 1 aromatic rings. The van der Waals surface area contributed by atoms with E-state index in [2.05, 4.69) is 38.1 Å². The van der Waals surface area contributed by atoms with E-state index in [0.29, 0.717) is 0 Å². The molecule has 0 unspecified atom stereocenters. The van der Waals surface area contributed by atoms with Gasteiger partial charge in [-0.25, -0.2) is 0 Å². The van der Waals surface area contributed by atoms with Crippen LogP contribution in [0.2, 0.25) is 12.1 Å². The van der Waals surface area contributed by atoms with Crippen LogP contribution in [0, 0.1) is 0 Å². The number of rotatable bonds is 8. The standard InChI is InChI=1S/C14H26Si2/c1-3-5-11-15-13-7-9-14(10-8-13)16-12-6-4-2/h7-10H,3-6,11-12,15-16H2,1-2H3. The highest BCUT2D eigenvalue weighted by Crippen LogP contribution is 1.95. The second-order valence-electron chi connectivity index (χ2n) is 4.73. The van der Waals surface area contributed by atoms with Gasteiger partial charge in [0.2, 0.25) is 0 Å². The average molecular weight is 251 g/mol. The molecule has 0 saturated carbocycles. The van der Waals surface area contributed by atoms with Crippen molar-refractivity contribution >= 4 is 29.4 Å². The van der Waals surface area contributed by atoms with Crippen LogP contribution in [0.1, 0.15) is 39.5 Å². The van der Waals surface area contributed by atoms with E-state index in [-0.39, 0.29) is 19.0 Å². The lowest BCUT2D eigenvalue weighted by atomic mass is 10.4. The normalized spacial score (nSPS) is 12.1. The fourth-order valence-corrected chi connectivity index (χ4v) is 5.49. The van der Waals surface area contributed by atoms with E-state index in [9.17, 15) is 0 Å². The molecular weight excluding hydrogens is 224 g/mol. The third-order valence-electron chi connectivity index (χ3n) is 3.16. The van der Waals surface area contributed by atoms with Gasteiger partial charge >= 0.3 is 0 Å². The number of benzene rings is 1. The Morgan fingerprint density at radius 1 is 0.750 bits per heavy atom. The van der Waals surface area contributed by atoms with Crippen LogP contribution < -0.4 is 10.4 Å². The minimum absolute atomic E-state index is 0.0535. The highest BCUT2D eigenvalue weighted by Gasteiger charge is 1.96. The molecule has 0 aliphatic rings. The maximum absolute atomic E-state index is 2.41. The summed E-state index contributed by atoms with van der Waals surface area (Å²) >= 11 is 0. The summed E-state index contributed by atoms with van der Waals surface area (Å²) in [5, 5.41) is 3.34. The first-order valence-electron chi connectivity index (χ1n) is 6.94. The Hall–Kier alpha value is -0.346. The molecule has 0 atom stereocenters. The van der Waals surface area contributed by atoms with Gasteiger partial charge in [0.15, 0.2) is 0 Å². The first-order chi connectivity index (χ1) is 7.86. The van der Waals surface area contributed by atoms with Crippen LogP contribution in [-0.4, -0.2) is 19.0 Å². The van der Waals surface area contributed by atoms with Crippen molar-refractivity contribution in [2.24, 2.45) is 0 Å². The van der Waals surface area contributed by atoms with Gasteiger partial charge in [-0.3, -0.25) is 0 Å². The zero-order valence-electron chi connectivity index (χ0n) is 11.0. The van der Waals surface area contributed by atoms with Crippen LogP contribution in [0.3, 0.4) is 0 Å². The molecule has 0 N–H and O–H groups in total. The van der Waals surface area contributed by atoms with E-state index in [4.69, 9.17) is 0 Å². The maximum Gasteiger partial charge on any atom is 0.0547 e.